The molecule has 4 heteroatoms. The Balaban J connectivity index is 2.23. The number of hydrogen-bond acceptors (Lipinski definition) is 2. The van der Waals surface area contributed by atoms with E-state index in [1.54, 1.807) is 37.2 Å². The van der Waals surface area contributed by atoms with E-state index in [1.807, 2.05) is 18.2 Å². The van der Waals surface area contributed by atoms with Gasteiger partial charge in [0.25, 0.3) is 5.91 Å². The van der Waals surface area contributed by atoms with Crippen molar-refractivity contribution in [1.29, 1.82) is 0 Å². The summed E-state index contributed by atoms with van der Waals surface area (Å²) >= 11 is 6.22. The zero-order valence-electron chi connectivity index (χ0n) is 12.4. The molecule has 1 N–H and O–H groups in total. The van der Waals surface area contributed by atoms with Crippen LogP contribution in [0, 0.1) is 0 Å². The number of nitrogens with one attached hydrogen (secondary N) is 1. The summed E-state index contributed by atoms with van der Waals surface area (Å²) in [6.07, 6.45) is 0. The molecule has 0 bridgehead atoms. The van der Waals surface area contributed by atoms with Crippen LogP contribution >= 0.6 is 11.6 Å². The molecule has 21 heavy (non-hydrogen) atoms. The fraction of sp³-hybridized carbons (Fsp3) is 0.235. The molecular weight excluding hydrogens is 284 g/mol. The van der Waals surface area contributed by atoms with E-state index in [9.17, 15) is 4.79 Å². The van der Waals surface area contributed by atoms with Gasteiger partial charge >= 0.3 is 0 Å². The van der Waals surface area contributed by atoms with Gasteiger partial charge in [0.1, 0.15) is 0 Å². The van der Waals surface area contributed by atoms with Crippen LogP contribution in [0.4, 0.5) is 5.69 Å². The topological polar surface area (TPSA) is 32.3 Å². The van der Waals surface area contributed by atoms with Crippen LogP contribution in [0.3, 0.4) is 0 Å². The van der Waals surface area contributed by atoms with E-state index in [1.165, 1.54) is 0 Å². The molecule has 0 aliphatic rings. The van der Waals surface area contributed by atoms with E-state index >= 15 is 0 Å². The van der Waals surface area contributed by atoms with Crippen molar-refractivity contribution in [3.63, 3.8) is 0 Å². The van der Waals surface area contributed by atoms with Gasteiger partial charge in [-0.15, -0.1) is 0 Å². The third kappa shape index (κ3) is 3.76. The molecule has 0 radical (unpaired) electrons. The summed E-state index contributed by atoms with van der Waals surface area (Å²) < 4.78 is 0. The Morgan fingerprint density at radius 2 is 1.81 bits per heavy atom. The molecule has 1 amide bonds. The van der Waals surface area contributed by atoms with Crippen molar-refractivity contribution in [3.8, 4) is 0 Å². The van der Waals surface area contributed by atoms with Gasteiger partial charge in [-0.25, -0.2) is 0 Å². The number of rotatable bonds is 4. The first-order chi connectivity index (χ1) is 9.99. The SMILES string of the molecule is CC(Nc1cc(C(=O)N(C)C)ccc1Cl)c1ccccc1. The lowest BCUT2D eigenvalue weighted by molar-refractivity contribution is 0.0827. The van der Waals surface area contributed by atoms with Gasteiger partial charge in [-0.05, 0) is 30.7 Å². The molecule has 110 valence electrons. The molecule has 1 atom stereocenters. The molecule has 0 aromatic heterocycles. The molecule has 2 aromatic rings. The minimum absolute atomic E-state index is 0.0397. The van der Waals surface area contributed by atoms with E-state index in [0.717, 1.165) is 11.3 Å². The molecule has 0 saturated carbocycles. The van der Waals surface area contributed by atoms with E-state index in [2.05, 4.69) is 24.4 Å². The standard InChI is InChI=1S/C17H19ClN2O/c1-12(13-7-5-4-6-8-13)19-16-11-14(9-10-15(16)18)17(21)20(2)3/h4-12,19H,1-3H3. The summed E-state index contributed by atoms with van der Waals surface area (Å²) in [7, 11) is 3.47. The maximum absolute atomic E-state index is 12.0. The molecule has 2 rings (SSSR count). The third-order valence-corrected chi connectivity index (χ3v) is 3.62. The van der Waals surface area contributed by atoms with Gasteiger partial charge in [-0.1, -0.05) is 41.9 Å². The van der Waals surface area contributed by atoms with Crippen molar-refractivity contribution in [2.24, 2.45) is 0 Å². The van der Waals surface area contributed by atoms with Gasteiger partial charge in [0.15, 0.2) is 0 Å². The van der Waals surface area contributed by atoms with E-state index in [4.69, 9.17) is 11.6 Å². The lowest BCUT2D eigenvalue weighted by Gasteiger charge is -2.18. The van der Waals surface area contributed by atoms with Gasteiger partial charge in [0, 0.05) is 25.7 Å². The number of benzene rings is 2. The minimum Gasteiger partial charge on any atom is -0.377 e. The Morgan fingerprint density at radius 3 is 2.43 bits per heavy atom. The van der Waals surface area contributed by atoms with Crippen molar-refractivity contribution in [2.45, 2.75) is 13.0 Å². The van der Waals surface area contributed by atoms with Gasteiger partial charge in [0.2, 0.25) is 0 Å². The molecular formula is C17H19ClN2O. The van der Waals surface area contributed by atoms with Crippen LogP contribution < -0.4 is 5.32 Å². The number of carbonyl (C=O) groups excluding carboxylic acids is 1. The zero-order chi connectivity index (χ0) is 15.4. The normalized spacial score (nSPS) is 11.8. The lowest BCUT2D eigenvalue weighted by Crippen LogP contribution is -2.21. The average Bonchev–Trinajstić information content (AvgIpc) is 2.49. The second-order valence-corrected chi connectivity index (χ2v) is 5.58. The van der Waals surface area contributed by atoms with Gasteiger partial charge in [0.05, 0.1) is 10.7 Å². The van der Waals surface area contributed by atoms with Crippen LogP contribution in [0.25, 0.3) is 0 Å². The summed E-state index contributed by atoms with van der Waals surface area (Å²) in [6.45, 7) is 2.06. The van der Waals surface area contributed by atoms with Crippen LogP contribution in [0.1, 0.15) is 28.9 Å². The molecule has 1 unspecified atom stereocenters. The van der Waals surface area contributed by atoms with Crippen LogP contribution in [0.2, 0.25) is 5.02 Å². The molecule has 0 heterocycles. The highest BCUT2D eigenvalue weighted by molar-refractivity contribution is 6.33. The molecule has 2 aromatic carbocycles. The van der Waals surface area contributed by atoms with Crippen LogP contribution in [0.5, 0.6) is 0 Å². The highest BCUT2D eigenvalue weighted by Gasteiger charge is 2.12. The predicted molar refractivity (Wildman–Crippen MR) is 87.9 cm³/mol. The van der Waals surface area contributed by atoms with Crippen molar-refractivity contribution in [1.82, 2.24) is 4.90 Å². The number of halogens is 1. The van der Waals surface area contributed by atoms with Crippen LogP contribution in [0.15, 0.2) is 48.5 Å². The Labute approximate surface area is 130 Å². The summed E-state index contributed by atoms with van der Waals surface area (Å²) in [5.74, 6) is -0.0397. The largest absolute Gasteiger partial charge is 0.377 e. The molecule has 0 fully saturated rings. The fourth-order valence-corrected chi connectivity index (χ4v) is 2.26. The van der Waals surface area contributed by atoms with Crippen molar-refractivity contribution >= 4 is 23.2 Å². The smallest absolute Gasteiger partial charge is 0.253 e. The Hall–Kier alpha value is -2.00. The van der Waals surface area contributed by atoms with E-state index in [0.29, 0.717) is 10.6 Å². The number of amides is 1. The van der Waals surface area contributed by atoms with Gasteiger partial charge in [-0.3, -0.25) is 4.79 Å². The quantitative estimate of drug-likeness (QED) is 0.917. The summed E-state index contributed by atoms with van der Waals surface area (Å²) in [5.41, 5.74) is 2.55. The van der Waals surface area contributed by atoms with Gasteiger partial charge in [-0.2, -0.15) is 0 Å². The monoisotopic (exact) mass is 302 g/mol. The first-order valence-electron chi connectivity index (χ1n) is 6.81. The van der Waals surface area contributed by atoms with Crippen molar-refractivity contribution in [3.05, 3.63) is 64.7 Å². The van der Waals surface area contributed by atoms with E-state index in [-0.39, 0.29) is 11.9 Å². The van der Waals surface area contributed by atoms with E-state index < -0.39 is 0 Å². The zero-order valence-corrected chi connectivity index (χ0v) is 13.2. The summed E-state index contributed by atoms with van der Waals surface area (Å²) in [4.78, 5) is 13.6. The second-order valence-electron chi connectivity index (χ2n) is 5.17. The summed E-state index contributed by atoms with van der Waals surface area (Å²) in [6, 6.07) is 15.5. The van der Waals surface area contributed by atoms with Crippen LogP contribution in [-0.4, -0.2) is 24.9 Å². The Morgan fingerprint density at radius 1 is 1.14 bits per heavy atom. The summed E-state index contributed by atoms with van der Waals surface area (Å²) in [5, 5.41) is 3.96. The number of anilines is 1. The average molecular weight is 303 g/mol. The number of carbonyl (C=O) groups is 1. The lowest BCUT2D eigenvalue weighted by atomic mass is 10.1. The van der Waals surface area contributed by atoms with Crippen LogP contribution in [-0.2, 0) is 0 Å². The van der Waals surface area contributed by atoms with Crippen molar-refractivity contribution < 1.29 is 4.79 Å². The highest BCUT2D eigenvalue weighted by Crippen LogP contribution is 2.27. The van der Waals surface area contributed by atoms with Crippen molar-refractivity contribution in [2.75, 3.05) is 19.4 Å². The maximum Gasteiger partial charge on any atom is 0.253 e. The number of hydrogen-bond donors (Lipinski definition) is 1. The molecule has 3 nitrogen and oxygen atoms in total. The third-order valence-electron chi connectivity index (χ3n) is 3.29. The molecule has 0 aliphatic carbocycles. The second kappa shape index (κ2) is 6.64. The first-order valence-corrected chi connectivity index (χ1v) is 7.19. The van der Waals surface area contributed by atoms with Gasteiger partial charge < -0.3 is 10.2 Å². The Kier molecular flexibility index (Phi) is 4.86. The molecule has 0 aliphatic heterocycles. The fourth-order valence-electron chi connectivity index (χ4n) is 2.09. The molecule has 0 saturated heterocycles. The maximum atomic E-state index is 12.0. The molecule has 0 spiro atoms. The predicted octanol–water partition coefficient (Wildman–Crippen LogP) is 4.21. The first kappa shape index (κ1) is 15.4. The highest BCUT2D eigenvalue weighted by atomic mass is 35.5. The Bertz CT molecular complexity index is 626. The minimum atomic E-state index is -0.0397. The number of nitrogens with zero attached hydrogens (tertiary/aromatic N) is 1.